The topological polar surface area (TPSA) is 102 Å². The van der Waals surface area contributed by atoms with Crippen molar-refractivity contribution in [3.8, 4) is 0 Å². The van der Waals surface area contributed by atoms with Gasteiger partial charge >= 0.3 is 5.97 Å². The number of hydrogen-bond acceptors (Lipinski definition) is 6. The Morgan fingerprint density at radius 2 is 1.75 bits per heavy atom. The van der Waals surface area contributed by atoms with Crippen molar-refractivity contribution in [1.82, 2.24) is 4.90 Å². The van der Waals surface area contributed by atoms with E-state index < -0.39 is 16.3 Å². The first kappa shape index (κ1) is 20.0. The normalized spacial score (nSPS) is 29.0. The number of carbonyl (C=O) groups is 2. The fourth-order valence-electron chi connectivity index (χ4n) is 4.79. The smallest absolute Gasteiger partial charge is 0.348 e. The second kappa shape index (κ2) is 6.39. The molecule has 2 saturated carbocycles. The average Bonchev–Trinajstić information content (AvgIpc) is 2.95. The number of amides is 1. The zero-order valence-corrected chi connectivity index (χ0v) is 16.8. The summed E-state index contributed by atoms with van der Waals surface area (Å²) in [7, 11) is 3.51. The van der Waals surface area contributed by atoms with Gasteiger partial charge in [0.2, 0.25) is 5.91 Å². The van der Waals surface area contributed by atoms with E-state index in [9.17, 15) is 19.7 Å². The number of carbonyl (C=O) groups excluding carboxylic acids is 2. The summed E-state index contributed by atoms with van der Waals surface area (Å²) in [5.74, 6) is -0.604. The minimum atomic E-state index is -0.681. The first-order chi connectivity index (χ1) is 13.0. The molecule has 2 fully saturated rings. The summed E-state index contributed by atoms with van der Waals surface area (Å²) >= 11 is 0. The number of nitro groups is 1. The maximum absolute atomic E-state index is 13.0. The van der Waals surface area contributed by atoms with Crippen LogP contribution in [0.5, 0.6) is 0 Å². The quantitative estimate of drug-likeness (QED) is 0.447. The molecular weight excluding hydrogens is 362 g/mol. The molecule has 3 rings (SSSR count). The van der Waals surface area contributed by atoms with E-state index in [0.717, 1.165) is 12.8 Å². The van der Waals surface area contributed by atoms with Gasteiger partial charge in [-0.25, -0.2) is 4.79 Å². The Morgan fingerprint density at radius 1 is 1.14 bits per heavy atom. The third-order valence-electron chi connectivity index (χ3n) is 7.10. The van der Waals surface area contributed by atoms with Crippen molar-refractivity contribution >= 4 is 23.3 Å². The SMILES string of the molecule is CN(C)C(=O)C12CCC(C)(/C(=N\OC(=O)c3ccc([N+](=O)[O-])cc3)C1)C2(C)C. The molecule has 2 bridgehead atoms. The molecule has 1 aromatic rings. The number of nitro benzene ring substituents is 1. The first-order valence-electron chi connectivity index (χ1n) is 9.21. The summed E-state index contributed by atoms with van der Waals surface area (Å²) < 4.78 is 0. The van der Waals surface area contributed by atoms with E-state index in [2.05, 4.69) is 25.9 Å². The minimum absolute atomic E-state index is 0.0770. The van der Waals surface area contributed by atoms with E-state index in [1.807, 2.05) is 0 Å². The van der Waals surface area contributed by atoms with Crippen LogP contribution in [0.1, 0.15) is 50.4 Å². The molecule has 0 spiro atoms. The predicted octanol–water partition coefficient (Wildman–Crippen LogP) is 3.41. The van der Waals surface area contributed by atoms with Gasteiger partial charge in [0.15, 0.2) is 0 Å². The van der Waals surface area contributed by atoms with Crippen LogP contribution in [-0.2, 0) is 9.63 Å². The van der Waals surface area contributed by atoms with Gasteiger partial charge in [-0.05, 0) is 30.4 Å². The Balaban J connectivity index is 1.84. The lowest BCUT2D eigenvalue weighted by Gasteiger charge is -2.40. The number of fused-ring (bicyclic) bond motifs is 2. The van der Waals surface area contributed by atoms with Gasteiger partial charge in [0.1, 0.15) is 0 Å². The Kier molecular flexibility index (Phi) is 4.56. The molecule has 0 aliphatic heterocycles. The van der Waals surface area contributed by atoms with Crippen LogP contribution in [0, 0.1) is 26.4 Å². The number of rotatable bonds is 4. The number of benzene rings is 1. The largest absolute Gasteiger partial charge is 0.365 e. The highest BCUT2D eigenvalue weighted by molar-refractivity contribution is 6.02. The van der Waals surface area contributed by atoms with Crippen molar-refractivity contribution < 1.29 is 19.3 Å². The number of hydrogen-bond donors (Lipinski definition) is 0. The zero-order chi connectivity index (χ0) is 20.9. The first-order valence-corrected chi connectivity index (χ1v) is 9.21. The molecule has 2 unspecified atom stereocenters. The molecule has 0 heterocycles. The van der Waals surface area contributed by atoms with Crippen LogP contribution in [0.2, 0.25) is 0 Å². The maximum Gasteiger partial charge on any atom is 0.365 e. The second-order valence-electron chi connectivity index (χ2n) is 8.64. The molecule has 0 N–H and O–H groups in total. The molecule has 2 aliphatic rings. The van der Waals surface area contributed by atoms with E-state index in [4.69, 9.17) is 4.84 Å². The second-order valence-corrected chi connectivity index (χ2v) is 8.64. The lowest BCUT2D eigenvalue weighted by molar-refractivity contribution is -0.384. The Bertz CT molecular complexity index is 874. The van der Waals surface area contributed by atoms with Crippen molar-refractivity contribution in [3.63, 3.8) is 0 Å². The number of non-ortho nitro benzene ring substituents is 1. The Morgan fingerprint density at radius 3 is 2.29 bits per heavy atom. The van der Waals surface area contributed by atoms with Crippen LogP contribution >= 0.6 is 0 Å². The van der Waals surface area contributed by atoms with Crippen molar-refractivity contribution in [2.45, 2.75) is 40.0 Å². The molecule has 1 amide bonds. The lowest BCUT2D eigenvalue weighted by Crippen LogP contribution is -2.46. The molecule has 0 saturated heterocycles. The summed E-state index contributed by atoms with van der Waals surface area (Å²) in [6, 6.07) is 5.17. The molecule has 28 heavy (non-hydrogen) atoms. The Hall–Kier alpha value is -2.77. The van der Waals surface area contributed by atoms with Gasteiger partial charge in [0.25, 0.3) is 5.69 Å². The molecule has 1 aromatic carbocycles. The zero-order valence-electron chi connectivity index (χ0n) is 16.8. The maximum atomic E-state index is 13.0. The molecule has 150 valence electrons. The van der Waals surface area contributed by atoms with Crippen molar-refractivity contribution in [1.29, 1.82) is 0 Å². The number of oxime groups is 1. The van der Waals surface area contributed by atoms with Crippen LogP contribution in [0.25, 0.3) is 0 Å². The van der Waals surface area contributed by atoms with Gasteiger partial charge in [0, 0.05) is 38.1 Å². The lowest BCUT2D eigenvalue weighted by atomic mass is 9.64. The molecule has 2 aliphatic carbocycles. The van der Waals surface area contributed by atoms with Crippen LogP contribution < -0.4 is 0 Å². The number of nitrogens with zero attached hydrogens (tertiary/aromatic N) is 3. The summed E-state index contributed by atoms with van der Waals surface area (Å²) in [6.45, 7) is 6.24. The van der Waals surface area contributed by atoms with Crippen molar-refractivity contribution in [3.05, 3.63) is 39.9 Å². The van der Waals surface area contributed by atoms with E-state index in [1.54, 1.807) is 19.0 Å². The standard InChI is InChI=1S/C20H25N3O5/c1-18(2)19(3)10-11-20(18,17(25)22(4)5)12-15(19)21-28-16(24)13-6-8-14(9-7-13)23(26)27/h6-9H,10-12H2,1-5H3/b21-15-. The molecule has 0 aromatic heterocycles. The summed E-state index contributed by atoms with van der Waals surface area (Å²) in [6.07, 6.45) is 2.04. The van der Waals surface area contributed by atoms with Gasteiger partial charge in [-0.2, -0.15) is 0 Å². The summed E-state index contributed by atoms with van der Waals surface area (Å²) in [5.41, 5.74) is -0.414. The molecular formula is C20H25N3O5. The van der Waals surface area contributed by atoms with Gasteiger partial charge in [-0.1, -0.05) is 25.9 Å². The molecule has 0 radical (unpaired) electrons. The third kappa shape index (κ3) is 2.62. The molecule has 8 heteroatoms. The molecule has 8 nitrogen and oxygen atoms in total. The monoisotopic (exact) mass is 387 g/mol. The molecule has 2 atom stereocenters. The Labute approximate surface area is 163 Å². The minimum Gasteiger partial charge on any atom is -0.348 e. The van der Waals surface area contributed by atoms with Crippen molar-refractivity contribution in [2.75, 3.05) is 14.1 Å². The van der Waals surface area contributed by atoms with Gasteiger partial charge < -0.3 is 9.74 Å². The van der Waals surface area contributed by atoms with Crippen LogP contribution in [0.4, 0.5) is 5.69 Å². The summed E-state index contributed by atoms with van der Waals surface area (Å²) in [4.78, 5) is 42.3. The fraction of sp³-hybridized carbons (Fsp3) is 0.550. The third-order valence-corrected chi connectivity index (χ3v) is 7.10. The highest BCUT2D eigenvalue weighted by Crippen LogP contribution is 2.71. The highest BCUT2D eigenvalue weighted by Gasteiger charge is 2.72. The van der Waals surface area contributed by atoms with E-state index >= 15 is 0 Å². The van der Waals surface area contributed by atoms with Crippen LogP contribution in [-0.4, -0.2) is 41.5 Å². The predicted molar refractivity (Wildman–Crippen MR) is 103 cm³/mol. The van der Waals surface area contributed by atoms with E-state index in [0.29, 0.717) is 12.1 Å². The van der Waals surface area contributed by atoms with Gasteiger partial charge in [-0.3, -0.25) is 14.9 Å². The average molecular weight is 387 g/mol. The van der Waals surface area contributed by atoms with E-state index in [1.165, 1.54) is 24.3 Å². The van der Waals surface area contributed by atoms with Crippen LogP contribution in [0.15, 0.2) is 29.4 Å². The summed E-state index contributed by atoms with van der Waals surface area (Å²) in [5, 5.41) is 14.9. The highest BCUT2D eigenvalue weighted by atomic mass is 16.7. The van der Waals surface area contributed by atoms with Gasteiger partial charge in [0.05, 0.1) is 21.6 Å². The van der Waals surface area contributed by atoms with Crippen LogP contribution in [0.3, 0.4) is 0 Å². The van der Waals surface area contributed by atoms with Gasteiger partial charge in [-0.15, -0.1) is 0 Å². The van der Waals surface area contributed by atoms with E-state index in [-0.39, 0.29) is 28.0 Å². The fourth-order valence-corrected chi connectivity index (χ4v) is 4.79. The van der Waals surface area contributed by atoms with Crippen molar-refractivity contribution in [2.24, 2.45) is 21.4 Å².